The molecule has 0 fully saturated rings. The quantitative estimate of drug-likeness (QED) is 0.731. The maximum Gasteiger partial charge on any atom is 0.138 e. The molecule has 3 rings (SSSR count). The summed E-state index contributed by atoms with van der Waals surface area (Å²) in [5.41, 5.74) is 5.91. The summed E-state index contributed by atoms with van der Waals surface area (Å²) in [6.07, 6.45) is 1.08. The van der Waals surface area contributed by atoms with E-state index in [2.05, 4.69) is 73.1 Å². The van der Waals surface area contributed by atoms with E-state index < -0.39 is 0 Å². The van der Waals surface area contributed by atoms with Gasteiger partial charge in [-0.3, -0.25) is 0 Å². The van der Waals surface area contributed by atoms with Crippen molar-refractivity contribution in [2.24, 2.45) is 0 Å². The van der Waals surface area contributed by atoms with E-state index in [4.69, 9.17) is 4.98 Å². The molecule has 1 aromatic heterocycles. The largest absolute Gasteiger partial charge is 0.338 e. The average molecular weight is 307 g/mol. The van der Waals surface area contributed by atoms with Gasteiger partial charge in [-0.1, -0.05) is 44.2 Å². The summed E-state index contributed by atoms with van der Waals surface area (Å²) in [6.45, 7) is 9.87. The lowest BCUT2D eigenvalue weighted by atomic mass is 10.1. The van der Waals surface area contributed by atoms with Crippen LogP contribution in [0.25, 0.3) is 22.4 Å². The van der Waals surface area contributed by atoms with E-state index in [0.29, 0.717) is 0 Å². The highest BCUT2D eigenvalue weighted by atomic mass is 15.1. The minimum Gasteiger partial charge on any atom is -0.338 e. The molecule has 0 radical (unpaired) electrons. The monoisotopic (exact) mass is 307 g/mol. The molecule has 3 aromatic rings. The molecule has 0 aliphatic carbocycles. The van der Waals surface area contributed by atoms with E-state index in [0.717, 1.165) is 48.5 Å². The summed E-state index contributed by atoms with van der Waals surface area (Å²) in [5.74, 6) is 0.957. The first kappa shape index (κ1) is 15.8. The van der Waals surface area contributed by atoms with Gasteiger partial charge in [-0.05, 0) is 49.7 Å². The summed E-state index contributed by atoms with van der Waals surface area (Å²) >= 11 is 0. The van der Waals surface area contributed by atoms with Crippen LogP contribution >= 0.6 is 0 Å². The van der Waals surface area contributed by atoms with Gasteiger partial charge in [0, 0.05) is 12.1 Å². The third-order valence-corrected chi connectivity index (χ3v) is 4.53. The molecule has 0 amide bonds. The molecule has 2 aromatic carbocycles. The molecule has 23 heavy (non-hydrogen) atoms. The third-order valence-electron chi connectivity index (χ3n) is 4.53. The summed E-state index contributed by atoms with van der Waals surface area (Å²) in [7, 11) is 0. The first-order chi connectivity index (χ1) is 11.2. The highest BCUT2D eigenvalue weighted by molar-refractivity contribution is 5.82. The molecule has 3 heteroatoms. The third kappa shape index (κ3) is 3.45. The van der Waals surface area contributed by atoms with Gasteiger partial charge in [0.2, 0.25) is 0 Å². The van der Waals surface area contributed by atoms with Crippen molar-refractivity contribution >= 4 is 11.0 Å². The van der Waals surface area contributed by atoms with Crippen molar-refractivity contribution in [1.29, 1.82) is 0 Å². The van der Waals surface area contributed by atoms with Crippen molar-refractivity contribution in [2.45, 2.75) is 27.2 Å². The minimum absolute atomic E-state index is 0.957. The van der Waals surface area contributed by atoms with Crippen molar-refractivity contribution < 1.29 is 0 Å². The number of imidazole rings is 1. The number of likely N-dealkylation sites (N-methyl/N-ethyl adjacent to an activating group) is 1. The lowest BCUT2D eigenvalue weighted by molar-refractivity contribution is 0.308. The molecule has 0 saturated heterocycles. The maximum absolute atomic E-state index is 4.79. The SMILES string of the molecule is CCN(CC)CCc1cccc(-c2nc3c(C)cccc3[nH]2)c1. The number of rotatable bonds is 6. The predicted molar refractivity (Wildman–Crippen MR) is 97.8 cm³/mol. The second kappa shape index (κ2) is 6.97. The zero-order valence-electron chi connectivity index (χ0n) is 14.3. The van der Waals surface area contributed by atoms with E-state index in [-0.39, 0.29) is 0 Å². The van der Waals surface area contributed by atoms with Gasteiger partial charge in [0.05, 0.1) is 11.0 Å². The number of para-hydroxylation sites is 1. The van der Waals surface area contributed by atoms with Crippen LogP contribution in [0.15, 0.2) is 42.5 Å². The highest BCUT2D eigenvalue weighted by Crippen LogP contribution is 2.23. The van der Waals surface area contributed by atoms with Crippen molar-refractivity contribution in [3.8, 4) is 11.4 Å². The molecular weight excluding hydrogens is 282 g/mol. The van der Waals surface area contributed by atoms with Crippen LogP contribution in [-0.2, 0) is 6.42 Å². The number of nitrogens with zero attached hydrogens (tertiary/aromatic N) is 2. The molecule has 1 heterocycles. The Morgan fingerprint density at radius 2 is 1.83 bits per heavy atom. The zero-order valence-corrected chi connectivity index (χ0v) is 14.3. The smallest absolute Gasteiger partial charge is 0.138 e. The van der Waals surface area contributed by atoms with Crippen molar-refractivity contribution in [1.82, 2.24) is 14.9 Å². The summed E-state index contributed by atoms with van der Waals surface area (Å²) < 4.78 is 0. The number of aromatic amines is 1. The van der Waals surface area contributed by atoms with Gasteiger partial charge in [0.15, 0.2) is 0 Å². The number of fused-ring (bicyclic) bond motifs is 1. The standard InChI is InChI=1S/C20H25N3/c1-4-23(5-2)13-12-16-9-7-10-17(14-16)20-21-18-11-6-8-15(3)19(18)22-20/h6-11,14H,4-5,12-13H2,1-3H3,(H,21,22). The Labute approximate surface area is 138 Å². The summed E-state index contributed by atoms with van der Waals surface area (Å²) in [5, 5.41) is 0. The van der Waals surface area contributed by atoms with E-state index in [1.807, 2.05) is 0 Å². The second-order valence-electron chi connectivity index (χ2n) is 6.03. The second-order valence-corrected chi connectivity index (χ2v) is 6.03. The van der Waals surface area contributed by atoms with Crippen molar-refractivity contribution in [3.05, 3.63) is 53.6 Å². The molecule has 0 aliphatic rings. The molecular formula is C20H25N3. The minimum atomic E-state index is 0.957. The Morgan fingerprint density at radius 3 is 2.57 bits per heavy atom. The van der Waals surface area contributed by atoms with Crippen LogP contribution in [0.3, 0.4) is 0 Å². The van der Waals surface area contributed by atoms with Crippen LogP contribution < -0.4 is 0 Å². The Kier molecular flexibility index (Phi) is 4.77. The molecule has 0 bridgehead atoms. The van der Waals surface area contributed by atoms with Gasteiger partial charge in [-0.15, -0.1) is 0 Å². The summed E-state index contributed by atoms with van der Waals surface area (Å²) in [4.78, 5) is 10.7. The van der Waals surface area contributed by atoms with Crippen LogP contribution in [-0.4, -0.2) is 34.5 Å². The topological polar surface area (TPSA) is 31.9 Å². The number of aryl methyl sites for hydroxylation is 1. The van der Waals surface area contributed by atoms with Crippen LogP contribution in [0.2, 0.25) is 0 Å². The van der Waals surface area contributed by atoms with Gasteiger partial charge < -0.3 is 9.88 Å². The molecule has 120 valence electrons. The summed E-state index contributed by atoms with van der Waals surface area (Å²) in [6, 6.07) is 15.0. The average Bonchev–Trinajstić information content (AvgIpc) is 3.02. The Bertz CT molecular complexity index is 784. The van der Waals surface area contributed by atoms with Crippen molar-refractivity contribution in [2.75, 3.05) is 19.6 Å². The molecule has 3 nitrogen and oxygen atoms in total. The highest BCUT2D eigenvalue weighted by Gasteiger charge is 2.08. The number of aromatic nitrogens is 2. The number of H-pyrrole nitrogens is 1. The van der Waals surface area contributed by atoms with E-state index >= 15 is 0 Å². The number of benzene rings is 2. The van der Waals surface area contributed by atoms with E-state index in [1.54, 1.807) is 0 Å². The molecule has 0 atom stereocenters. The van der Waals surface area contributed by atoms with Gasteiger partial charge in [0.1, 0.15) is 5.82 Å². The number of nitrogens with one attached hydrogen (secondary N) is 1. The molecule has 0 aliphatic heterocycles. The molecule has 0 unspecified atom stereocenters. The fourth-order valence-electron chi connectivity index (χ4n) is 3.01. The van der Waals surface area contributed by atoms with Gasteiger partial charge in [-0.2, -0.15) is 0 Å². The fourth-order valence-corrected chi connectivity index (χ4v) is 3.01. The molecule has 0 spiro atoms. The van der Waals surface area contributed by atoms with Gasteiger partial charge >= 0.3 is 0 Å². The maximum atomic E-state index is 4.79. The van der Waals surface area contributed by atoms with E-state index in [9.17, 15) is 0 Å². The lowest BCUT2D eigenvalue weighted by Crippen LogP contribution is -2.25. The van der Waals surface area contributed by atoms with Crippen LogP contribution in [0, 0.1) is 6.92 Å². The van der Waals surface area contributed by atoms with E-state index in [1.165, 1.54) is 11.1 Å². The van der Waals surface area contributed by atoms with Gasteiger partial charge in [-0.25, -0.2) is 4.98 Å². The first-order valence-electron chi connectivity index (χ1n) is 8.48. The lowest BCUT2D eigenvalue weighted by Gasteiger charge is -2.17. The molecule has 0 saturated carbocycles. The first-order valence-corrected chi connectivity index (χ1v) is 8.48. The van der Waals surface area contributed by atoms with Gasteiger partial charge in [0.25, 0.3) is 0 Å². The Morgan fingerprint density at radius 1 is 1.04 bits per heavy atom. The van der Waals surface area contributed by atoms with Crippen LogP contribution in [0.5, 0.6) is 0 Å². The molecule has 1 N–H and O–H groups in total. The number of hydrogen-bond acceptors (Lipinski definition) is 2. The predicted octanol–water partition coefficient (Wildman–Crippen LogP) is 4.42. The Hall–Kier alpha value is -2.13. The Balaban J connectivity index is 1.85. The van der Waals surface area contributed by atoms with Crippen molar-refractivity contribution in [3.63, 3.8) is 0 Å². The van der Waals surface area contributed by atoms with Crippen LogP contribution in [0.4, 0.5) is 0 Å². The number of hydrogen-bond donors (Lipinski definition) is 1. The fraction of sp³-hybridized carbons (Fsp3) is 0.350. The van der Waals surface area contributed by atoms with Crippen LogP contribution in [0.1, 0.15) is 25.0 Å². The normalized spacial score (nSPS) is 11.5. The zero-order chi connectivity index (χ0) is 16.2.